The second-order valence-electron chi connectivity index (χ2n) is 3.83. The van der Waals surface area contributed by atoms with Gasteiger partial charge in [0, 0.05) is 18.3 Å². The minimum atomic E-state index is 0.655. The van der Waals surface area contributed by atoms with E-state index in [0.717, 1.165) is 10.9 Å². The summed E-state index contributed by atoms with van der Waals surface area (Å²) in [6.07, 6.45) is 1.17. The van der Waals surface area contributed by atoms with Crippen LogP contribution in [0.4, 0.5) is 0 Å². The molecular formula is C11H11NS2. The average Bonchev–Trinajstić information content (AvgIpc) is 2.57. The van der Waals surface area contributed by atoms with Gasteiger partial charge in [-0.05, 0) is 17.5 Å². The van der Waals surface area contributed by atoms with Crippen molar-refractivity contribution in [3.63, 3.8) is 0 Å². The third-order valence-electron chi connectivity index (χ3n) is 2.99. The summed E-state index contributed by atoms with van der Waals surface area (Å²) in [5, 5.41) is 0. The van der Waals surface area contributed by atoms with Crippen molar-refractivity contribution in [3.05, 3.63) is 35.4 Å². The molecule has 0 spiro atoms. The molecule has 0 radical (unpaired) electrons. The van der Waals surface area contributed by atoms with Gasteiger partial charge in [-0.15, -0.1) is 0 Å². The molecule has 0 N–H and O–H groups in total. The lowest BCUT2D eigenvalue weighted by atomic mass is 9.95. The van der Waals surface area contributed by atoms with E-state index in [-0.39, 0.29) is 0 Å². The van der Waals surface area contributed by atoms with Gasteiger partial charge in [-0.25, -0.2) is 0 Å². The molecule has 0 bridgehead atoms. The number of hydrogen-bond acceptors (Lipinski definition) is 2. The van der Waals surface area contributed by atoms with E-state index in [2.05, 4.69) is 29.2 Å². The predicted octanol–water partition coefficient (Wildman–Crippen LogP) is 2.45. The molecule has 0 unspecified atom stereocenters. The molecule has 72 valence electrons. The maximum atomic E-state index is 5.33. The van der Waals surface area contributed by atoms with Crippen molar-refractivity contribution in [2.45, 2.75) is 19.0 Å². The molecule has 1 aromatic rings. The second-order valence-corrected chi connectivity index (χ2v) is 5.49. The summed E-state index contributed by atoms with van der Waals surface area (Å²) in [4.78, 5) is 2.38. The van der Waals surface area contributed by atoms with Crippen LogP contribution in [0.15, 0.2) is 24.3 Å². The van der Waals surface area contributed by atoms with Crippen molar-refractivity contribution >= 4 is 28.3 Å². The minimum Gasteiger partial charge on any atom is -0.349 e. The molecule has 0 saturated carbocycles. The topological polar surface area (TPSA) is 3.24 Å². The maximum Gasteiger partial charge on any atom is 0.137 e. The molecule has 0 aliphatic carbocycles. The molecule has 1 nitrogen and oxygen atoms in total. The molecule has 1 fully saturated rings. The van der Waals surface area contributed by atoms with E-state index in [1.807, 2.05) is 11.8 Å². The molecule has 1 aromatic carbocycles. The molecular weight excluding hydrogens is 210 g/mol. The average molecular weight is 221 g/mol. The van der Waals surface area contributed by atoms with Gasteiger partial charge in [-0.1, -0.05) is 48.2 Å². The lowest BCUT2D eigenvalue weighted by Gasteiger charge is -2.31. The Morgan fingerprint density at radius 3 is 2.93 bits per heavy atom. The minimum absolute atomic E-state index is 0.655. The van der Waals surface area contributed by atoms with Crippen LogP contribution in [-0.4, -0.2) is 21.0 Å². The largest absolute Gasteiger partial charge is 0.349 e. The van der Waals surface area contributed by atoms with Crippen molar-refractivity contribution in [2.24, 2.45) is 0 Å². The Bertz CT molecular complexity index is 389. The molecule has 3 heteroatoms. The first-order valence-electron chi connectivity index (χ1n) is 4.85. The van der Waals surface area contributed by atoms with Gasteiger partial charge in [0.2, 0.25) is 0 Å². The Labute approximate surface area is 93.5 Å². The number of nitrogens with zero attached hydrogens (tertiary/aromatic N) is 1. The molecule has 2 heterocycles. The Morgan fingerprint density at radius 2 is 2.07 bits per heavy atom. The molecule has 1 atom stereocenters. The quantitative estimate of drug-likeness (QED) is 0.620. The van der Waals surface area contributed by atoms with Gasteiger partial charge in [-0.3, -0.25) is 0 Å². The molecule has 14 heavy (non-hydrogen) atoms. The highest BCUT2D eigenvalue weighted by Crippen LogP contribution is 2.33. The van der Waals surface area contributed by atoms with Crippen molar-refractivity contribution < 1.29 is 0 Å². The molecule has 0 aromatic heterocycles. The van der Waals surface area contributed by atoms with Crippen LogP contribution < -0.4 is 0 Å². The highest BCUT2D eigenvalue weighted by molar-refractivity contribution is 8.23. The van der Waals surface area contributed by atoms with Crippen LogP contribution in [-0.2, 0) is 13.0 Å². The molecule has 2 aliphatic rings. The van der Waals surface area contributed by atoms with Crippen molar-refractivity contribution in [1.29, 1.82) is 0 Å². The van der Waals surface area contributed by atoms with Crippen LogP contribution in [0, 0.1) is 0 Å². The summed E-state index contributed by atoms with van der Waals surface area (Å²) >= 11 is 7.17. The Balaban J connectivity index is 1.99. The first-order chi connectivity index (χ1) is 6.84. The molecule has 3 rings (SSSR count). The van der Waals surface area contributed by atoms with Crippen LogP contribution in [0.1, 0.15) is 11.1 Å². The Kier molecular flexibility index (Phi) is 2.03. The summed E-state index contributed by atoms with van der Waals surface area (Å²) < 4.78 is 1.09. The third kappa shape index (κ3) is 1.27. The number of rotatable bonds is 0. The summed E-state index contributed by atoms with van der Waals surface area (Å²) in [6.45, 7) is 1.02. The van der Waals surface area contributed by atoms with Crippen LogP contribution in [0.3, 0.4) is 0 Å². The first kappa shape index (κ1) is 8.74. The SMILES string of the molecule is S=C1SC[C@H]2Cc3ccccc3CN12. The summed E-state index contributed by atoms with van der Waals surface area (Å²) in [5.74, 6) is 1.17. The number of thioether (sulfide) groups is 1. The van der Waals surface area contributed by atoms with Gasteiger partial charge in [0.25, 0.3) is 0 Å². The van der Waals surface area contributed by atoms with Crippen molar-refractivity contribution in [3.8, 4) is 0 Å². The number of thiocarbonyl (C=S) groups is 1. The second kappa shape index (κ2) is 3.24. The predicted molar refractivity (Wildman–Crippen MR) is 64.5 cm³/mol. The van der Waals surface area contributed by atoms with E-state index in [9.17, 15) is 0 Å². The zero-order valence-electron chi connectivity index (χ0n) is 7.77. The highest BCUT2D eigenvalue weighted by atomic mass is 32.2. The van der Waals surface area contributed by atoms with Crippen LogP contribution in [0.25, 0.3) is 0 Å². The molecule has 2 aliphatic heterocycles. The van der Waals surface area contributed by atoms with Crippen molar-refractivity contribution in [1.82, 2.24) is 4.90 Å². The van der Waals surface area contributed by atoms with Crippen LogP contribution in [0.2, 0.25) is 0 Å². The summed E-state index contributed by atoms with van der Waals surface area (Å²) in [5.41, 5.74) is 2.97. The maximum absolute atomic E-state index is 5.33. The van der Waals surface area contributed by atoms with Gasteiger partial charge in [-0.2, -0.15) is 0 Å². The highest BCUT2D eigenvalue weighted by Gasteiger charge is 2.32. The summed E-state index contributed by atoms with van der Waals surface area (Å²) in [6, 6.07) is 9.37. The standard InChI is InChI=1S/C11H11NS2/c13-11-12-6-9-4-2-1-3-8(9)5-10(12)7-14-11/h1-4,10H,5-7H2/t10-/m1/s1. The van der Waals surface area contributed by atoms with Gasteiger partial charge < -0.3 is 4.90 Å². The number of fused-ring (bicyclic) bond motifs is 2. The number of benzene rings is 1. The molecule has 1 saturated heterocycles. The monoisotopic (exact) mass is 221 g/mol. The van der Waals surface area contributed by atoms with E-state index in [0.29, 0.717) is 6.04 Å². The normalized spacial score (nSPS) is 24.7. The Morgan fingerprint density at radius 1 is 1.29 bits per heavy atom. The Hall–Kier alpha value is -0.540. The van der Waals surface area contributed by atoms with Crippen LogP contribution in [0.5, 0.6) is 0 Å². The lowest BCUT2D eigenvalue weighted by molar-refractivity contribution is 0.324. The smallest absolute Gasteiger partial charge is 0.137 e. The van der Waals surface area contributed by atoms with Gasteiger partial charge in [0.05, 0.1) is 0 Å². The van der Waals surface area contributed by atoms with Gasteiger partial charge >= 0.3 is 0 Å². The fourth-order valence-corrected chi connectivity index (χ4v) is 3.63. The van der Waals surface area contributed by atoms with E-state index in [1.54, 1.807) is 0 Å². The molecule has 0 amide bonds. The first-order valence-corrected chi connectivity index (χ1v) is 6.24. The van der Waals surface area contributed by atoms with E-state index in [4.69, 9.17) is 12.2 Å². The zero-order valence-corrected chi connectivity index (χ0v) is 9.40. The van der Waals surface area contributed by atoms with E-state index in [1.165, 1.54) is 23.3 Å². The van der Waals surface area contributed by atoms with Crippen molar-refractivity contribution in [2.75, 3.05) is 5.75 Å². The van der Waals surface area contributed by atoms with Gasteiger partial charge in [0.1, 0.15) is 4.32 Å². The third-order valence-corrected chi connectivity index (χ3v) is 4.61. The zero-order chi connectivity index (χ0) is 9.54. The lowest BCUT2D eigenvalue weighted by Crippen LogP contribution is -2.38. The summed E-state index contributed by atoms with van der Waals surface area (Å²) in [7, 11) is 0. The fraction of sp³-hybridized carbons (Fsp3) is 0.364. The fourth-order valence-electron chi connectivity index (χ4n) is 2.20. The van der Waals surface area contributed by atoms with Crippen LogP contribution >= 0.6 is 24.0 Å². The number of hydrogen-bond donors (Lipinski definition) is 0. The van der Waals surface area contributed by atoms with E-state index < -0.39 is 0 Å². The van der Waals surface area contributed by atoms with E-state index >= 15 is 0 Å². The van der Waals surface area contributed by atoms with Gasteiger partial charge in [0.15, 0.2) is 0 Å².